The molecular formula is C20H14O4. The van der Waals surface area contributed by atoms with E-state index in [1.54, 1.807) is 30.3 Å². The molecule has 0 amide bonds. The number of carboxylic acid groups (broad SMARTS) is 2. The Hall–Kier alpha value is -3.40. The van der Waals surface area contributed by atoms with Crippen LogP contribution in [0, 0.1) is 0 Å². The monoisotopic (exact) mass is 318 g/mol. The molecule has 4 nitrogen and oxygen atoms in total. The van der Waals surface area contributed by atoms with Crippen LogP contribution in [-0.2, 0) is 0 Å². The quantitative estimate of drug-likeness (QED) is 0.747. The highest BCUT2D eigenvalue weighted by molar-refractivity contribution is 6.00. The van der Waals surface area contributed by atoms with Gasteiger partial charge >= 0.3 is 11.9 Å². The van der Waals surface area contributed by atoms with Crippen molar-refractivity contribution < 1.29 is 19.8 Å². The number of carboxylic acids is 2. The summed E-state index contributed by atoms with van der Waals surface area (Å²) in [6.45, 7) is 0. The van der Waals surface area contributed by atoms with Crippen LogP contribution in [0.4, 0.5) is 0 Å². The van der Waals surface area contributed by atoms with Crippen LogP contribution in [0.25, 0.3) is 22.3 Å². The van der Waals surface area contributed by atoms with E-state index in [-0.39, 0.29) is 11.1 Å². The molecule has 0 aliphatic heterocycles. The molecule has 0 saturated carbocycles. The molecule has 3 aromatic carbocycles. The van der Waals surface area contributed by atoms with E-state index < -0.39 is 11.9 Å². The van der Waals surface area contributed by atoms with Crippen molar-refractivity contribution in [1.29, 1.82) is 0 Å². The minimum atomic E-state index is -1.02. The first kappa shape index (κ1) is 15.5. The van der Waals surface area contributed by atoms with Crippen LogP contribution in [0.1, 0.15) is 20.7 Å². The molecule has 0 fully saturated rings. The zero-order chi connectivity index (χ0) is 17.1. The number of aromatic carboxylic acids is 2. The van der Waals surface area contributed by atoms with Gasteiger partial charge in [-0.1, -0.05) is 54.6 Å². The van der Waals surface area contributed by atoms with Gasteiger partial charge in [0.15, 0.2) is 0 Å². The van der Waals surface area contributed by atoms with Crippen molar-refractivity contribution in [2.24, 2.45) is 0 Å². The predicted octanol–water partition coefficient (Wildman–Crippen LogP) is 4.42. The summed E-state index contributed by atoms with van der Waals surface area (Å²) >= 11 is 0. The summed E-state index contributed by atoms with van der Waals surface area (Å²) in [6, 6.07) is 20.7. The highest BCUT2D eigenvalue weighted by atomic mass is 16.4. The van der Waals surface area contributed by atoms with E-state index in [0.29, 0.717) is 16.7 Å². The molecular weight excluding hydrogens is 304 g/mol. The van der Waals surface area contributed by atoms with Gasteiger partial charge in [0.1, 0.15) is 0 Å². The van der Waals surface area contributed by atoms with Crippen molar-refractivity contribution in [3.8, 4) is 22.3 Å². The molecule has 3 rings (SSSR count). The largest absolute Gasteiger partial charge is 0.478 e. The van der Waals surface area contributed by atoms with Gasteiger partial charge in [-0.05, 0) is 40.5 Å². The minimum absolute atomic E-state index is 0.178. The third-order valence-electron chi connectivity index (χ3n) is 3.80. The molecule has 4 heteroatoms. The summed E-state index contributed by atoms with van der Waals surface area (Å²) in [6.07, 6.45) is 0. The van der Waals surface area contributed by atoms with Crippen LogP contribution in [-0.4, -0.2) is 22.2 Å². The van der Waals surface area contributed by atoms with Crippen LogP contribution in [0.15, 0.2) is 72.8 Å². The highest BCUT2D eigenvalue weighted by Gasteiger charge is 2.16. The molecule has 0 saturated heterocycles. The maximum absolute atomic E-state index is 11.5. The molecule has 0 radical (unpaired) electrons. The van der Waals surface area contributed by atoms with Gasteiger partial charge in [0, 0.05) is 0 Å². The lowest BCUT2D eigenvalue weighted by molar-refractivity contribution is 0.0686. The number of hydrogen-bond acceptors (Lipinski definition) is 2. The second-order valence-corrected chi connectivity index (χ2v) is 5.28. The maximum Gasteiger partial charge on any atom is 0.336 e. The molecule has 2 N–H and O–H groups in total. The van der Waals surface area contributed by atoms with Gasteiger partial charge in [0.05, 0.1) is 11.1 Å². The molecule has 0 atom stereocenters. The van der Waals surface area contributed by atoms with E-state index in [4.69, 9.17) is 0 Å². The lowest BCUT2D eigenvalue weighted by Crippen LogP contribution is -2.02. The van der Waals surface area contributed by atoms with Crippen LogP contribution < -0.4 is 0 Å². The second kappa shape index (κ2) is 6.38. The van der Waals surface area contributed by atoms with Gasteiger partial charge in [-0.3, -0.25) is 0 Å². The highest BCUT2D eigenvalue weighted by Crippen LogP contribution is 2.31. The Balaban J connectivity index is 2.23. The van der Waals surface area contributed by atoms with E-state index >= 15 is 0 Å². The lowest BCUT2D eigenvalue weighted by Gasteiger charge is -2.11. The lowest BCUT2D eigenvalue weighted by atomic mass is 9.92. The zero-order valence-electron chi connectivity index (χ0n) is 12.6. The smallest absolute Gasteiger partial charge is 0.336 e. The topological polar surface area (TPSA) is 74.6 Å². The molecule has 24 heavy (non-hydrogen) atoms. The summed E-state index contributed by atoms with van der Waals surface area (Å²) in [4.78, 5) is 23.0. The Bertz CT molecular complexity index is 914. The van der Waals surface area contributed by atoms with Crippen molar-refractivity contribution in [2.45, 2.75) is 0 Å². The maximum atomic E-state index is 11.5. The first-order valence-corrected chi connectivity index (χ1v) is 7.33. The van der Waals surface area contributed by atoms with Crippen molar-refractivity contribution >= 4 is 11.9 Å². The first-order valence-electron chi connectivity index (χ1n) is 7.33. The second-order valence-electron chi connectivity index (χ2n) is 5.28. The molecule has 0 unspecified atom stereocenters. The molecule has 0 spiro atoms. The fourth-order valence-electron chi connectivity index (χ4n) is 2.68. The first-order chi connectivity index (χ1) is 11.6. The predicted molar refractivity (Wildman–Crippen MR) is 91.2 cm³/mol. The SMILES string of the molecule is O=C(O)c1ccccc1-c1ccc(C(=O)O)c(-c2ccccc2)c1. The van der Waals surface area contributed by atoms with Gasteiger partial charge in [0.2, 0.25) is 0 Å². The van der Waals surface area contributed by atoms with Crippen molar-refractivity contribution in [3.05, 3.63) is 83.9 Å². The van der Waals surface area contributed by atoms with Crippen LogP contribution in [0.2, 0.25) is 0 Å². The van der Waals surface area contributed by atoms with E-state index in [2.05, 4.69) is 0 Å². The normalized spacial score (nSPS) is 10.3. The van der Waals surface area contributed by atoms with Crippen molar-refractivity contribution in [2.75, 3.05) is 0 Å². The molecule has 0 aliphatic rings. The fourth-order valence-corrected chi connectivity index (χ4v) is 2.68. The average Bonchev–Trinajstić information content (AvgIpc) is 2.62. The number of benzene rings is 3. The van der Waals surface area contributed by atoms with Gasteiger partial charge < -0.3 is 10.2 Å². The van der Waals surface area contributed by atoms with Crippen molar-refractivity contribution in [3.63, 3.8) is 0 Å². The minimum Gasteiger partial charge on any atom is -0.478 e. The Morgan fingerprint density at radius 3 is 1.83 bits per heavy atom. The average molecular weight is 318 g/mol. The standard InChI is InChI=1S/C20H14O4/c21-19(22)16-9-5-4-8-15(16)14-10-11-17(20(23)24)18(12-14)13-6-2-1-3-7-13/h1-12H,(H,21,22)(H,23,24). The Labute approximate surface area is 138 Å². The summed E-state index contributed by atoms with van der Waals surface area (Å²) in [7, 11) is 0. The van der Waals surface area contributed by atoms with E-state index in [1.807, 2.05) is 30.3 Å². The number of carbonyl (C=O) groups is 2. The molecule has 0 aliphatic carbocycles. The fraction of sp³-hybridized carbons (Fsp3) is 0. The molecule has 0 heterocycles. The van der Waals surface area contributed by atoms with Gasteiger partial charge in [0.25, 0.3) is 0 Å². The van der Waals surface area contributed by atoms with Crippen LogP contribution in [0.3, 0.4) is 0 Å². The van der Waals surface area contributed by atoms with Gasteiger partial charge in [-0.25, -0.2) is 9.59 Å². The summed E-state index contributed by atoms with van der Waals surface area (Å²) in [5.74, 6) is -2.04. The van der Waals surface area contributed by atoms with E-state index in [9.17, 15) is 19.8 Å². The zero-order valence-corrected chi connectivity index (χ0v) is 12.6. The number of rotatable bonds is 4. The molecule has 0 bridgehead atoms. The Morgan fingerprint density at radius 1 is 0.583 bits per heavy atom. The van der Waals surface area contributed by atoms with Crippen LogP contribution in [0.5, 0.6) is 0 Å². The van der Waals surface area contributed by atoms with E-state index in [1.165, 1.54) is 12.1 Å². The Morgan fingerprint density at radius 2 is 1.17 bits per heavy atom. The third-order valence-corrected chi connectivity index (χ3v) is 3.80. The third kappa shape index (κ3) is 2.90. The Kier molecular flexibility index (Phi) is 4.12. The summed E-state index contributed by atoms with van der Waals surface area (Å²) in [5, 5.41) is 18.8. The van der Waals surface area contributed by atoms with Gasteiger partial charge in [-0.15, -0.1) is 0 Å². The van der Waals surface area contributed by atoms with Gasteiger partial charge in [-0.2, -0.15) is 0 Å². The van der Waals surface area contributed by atoms with Crippen LogP contribution >= 0.6 is 0 Å². The van der Waals surface area contributed by atoms with E-state index in [0.717, 1.165) is 5.56 Å². The number of hydrogen-bond donors (Lipinski definition) is 2. The molecule has 3 aromatic rings. The molecule has 0 aromatic heterocycles. The summed E-state index contributed by atoms with van der Waals surface area (Å²) in [5.41, 5.74) is 2.90. The molecule has 118 valence electrons. The summed E-state index contributed by atoms with van der Waals surface area (Å²) < 4.78 is 0. The van der Waals surface area contributed by atoms with Crippen molar-refractivity contribution in [1.82, 2.24) is 0 Å².